The van der Waals surface area contributed by atoms with E-state index in [1.54, 1.807) is 0 Å². The number of hydrogen-bond acceptors (Lipinski definition) is 4. The lowest BCUT2D eigenvalue weighted by atomic mass is 10.1. The van der Waals surface area contributed by atoms with Crippen molar-refractivity contribution < 1.29 is 14.6 Å². The summed E-state index contributed by atoms with van der Waals surface area (Å²) in [5.74, 6) is 1.61. The first-order valence-corrected chi connectivity index (χ1v) is 8.57. The van der Waals surface area contributed by atoms with Crippen LogP contribution in [-0.4, -0.2) is 29.4 Å². The van der Waals surface area contributed by atoms with Crippen LogP contribution >= 0.6 is 0 Å². The second-order valence-electron chi connectivity index (χ2n) is 6.29. The van der Waals surface area contributed by atoms with E-state index in [9.17, 15) is 5.11 Å². The summed E-state index contributed by atoms with van der Waals surface area (Å²) < 4.78 is 10.8. The molecule has 1 atom stereocenters. The SMILES string of the molecule is CCCC(O)CN(Cc1ccccc1)Cc1ccc2c(c1)OCO2. The maximum atomic E-state index is 10.2. The number of rotatable bonds is 8. The molecule has 3 rings (SSSR count). The monoisotopic (exact) mass is 327 g/mol. The highest BCUT2D eigenvalue weighted by Gasteiger charge is 2.16. The molecule has 2 aromatic rings. The molecule has 4 heteroatoms. The fraction of sp³-hybridized carbons (Fsp3) is 0.400. The van der Waals surface area contributed by atoms with Crippen LogP contribution in [0.15, 0.2) is 48.5 Å². The zero-order chi connectivity index (χ0) is 16.8. The molecule has 4 nitrogen and oxygen atoms in total. The van der Waals surface area contributed by atoms with Crippen molar-refractivity contribution >= 4 is 0 Å². The van der Waals surface area contributed by atoms with E-state index in [0.29, 0.717) is 13.3 Å². The largest absolute Gasteiger partial charge is 0.454 e. The highest BCUT2D eigenvalue weighted by molar-refractivity contribution is 5.44. The molecular weight excluding hydrogens is 302 g/mol. The molecule has 0 aromatic heterocycles. The van der Waals surface area contributed by atoms with Crippen molar-refractivity contribution in [2.24, 2.45) is 0 Å². The molecule has 24 heavy (non-hydrogen) atoms. The molecule has 1 N–H and O–H groups in total. The zero-order valence-electron chi connectivity index (χ0n) is 14.1. The number of benzene rings is 2. The van der Waals surface area contributed by atoms with Crippen molar-refractivity contribution in [3.05, 3.63) is 59.7 Å². The Balaban J connectivity index is 1.71. The molecule has 0 aliphatic carbocycles. The summed E-state index contributed by atoms with van der Waals surface area (Å²) in [6.45, 7) is 4.64. The van der Waals surface area contributed by atoms with E-state index in [2.05, 4.69) is 42.2 Å². The molecule has 1 heterocycles. The average molecular weight is 327 g/mol. The van der Waals surface area contributed by atoms with Crippen molar-refractivity contribution in [3.8, 4) is 11.5 Å². The molecule has 1 aliphatic heterocycles. The van der Waals surface area contributed by atoms with E-state index in [4.69, 9.17) is 9.47 Å². The Morgan fingerprint density at radius 3 is 2.54 bits per heavy atom. The minimum absolute atomic E-state index is 0.293. The Bertz CT molecular complexity index is 645. The number of fused-ring (bicyclic) bond motifs is 1. The fourth-order valence-electron chi connectivity index (χ4n) is 3.05. The number of nitrogens with zero attached hydrogens (tertiary/aromatic N) is 1. The van der Waals surface area contributed by atoms with E-state index in [-0.39, 0.29) is 6.10 Å². The van der Waals surface area contributed by atoms with Gasteiger partial charge >= 0.3 is 0 Å². The summed E-state index contributed by atoms with van der Waals surface area (Å²) >= 11 is 0. The van der Waals surface area contributed by atoms with Crippen molar-refractivity contribution in [2.75, 3.05) is 13.3 Å². The van der Waals surface area contributed by atoms with Gasteiger partial charge in [0.15, 0.2) is 11.5 Å². The Morgan fingerprint density at radius 2 is 1.75 bits per heavy atom. The van der Waals surface area contributed by atoms with Gasteiger partial charge in [0.2, 0.25) is 6.79 Å². The smallest absolute Gasteiger partial charge is 0.231 e. The van der Waals surface area contributed by atoms with Crippen molar-refractivity contribution in [2.45, 2.75) is 39.0 Å². The van der Waals surface area contributed by atoms with Crippen LogP contribution in [0.3, 0.4) is 0 Å². The van der Waals surface area contributed by atoms with Gasteiger partial charge in [0.05, 0.1) is 6.10 Å². The summed E-state index contributed by atoms with van der Waals surface area (Å²) in [5.41, 5.74) is 2.42. The van der Waals surface area contributed by atoms with Crippen LogP contribution in [0.1, 0.15) is 30.9 Å². The highest BCUT2D eigenvalue weighted by atomic mass is 16.7. The summed E-state index contributed by atoms with van der Waals surface area (Å²) in [6.07, 6.45) is 1.52. The lowest BCUT2D eigenvalue weighted by Gasteiger charge is -2.25. The minimum atomic E-state index is -0.298. The van der Waals surface area contributed by atoms with Gasteiger partial charge in [0, 0.05) is 19.6 Å². The van der Waals surface area contributed by atoms with Crippen LogP contribution in [0.2, 0.25) is 0 Å². The second kappa shape index (κ2) is 8.18. The molecule has 0 spiro atoms. The summed E-state index contributed by atoms with van der Waals surface area (Å²) in [5, 5.41) is 10.2. The van der Waals surface area contributed by atoms with Crippen molar-refractivity contribution in [1.29, 1.82) is 0 Å². The first kappa shape index (κ1) is 16.8. The number of ether oxygens (including phenoxy) is 2. The average Bonchev–Trinajstić information content (AvgIpc) is 3.03. The van der Waals surface area contributed by atoms with Gasteiger partial charge in [-0.15, -0.1) is 0 Å². The molecule has 1 aliphatic rings. The van der Waals surface area contributed by atoms with Gasteiger partial charge in [-0.1, -0.05) is 49.7 Å². The fourth-order valence-corrected chi connectivity index (χ4v) is 3.05. The van der Waals surface area contributed by atoms with Crippen LogP contribution in [0.4, 0.5) is 0 Å². The highest BCUT2D eigenvalue weighted by Crippen LogP contribution is 2.32. The van der Waals surface area contributed by atoms with Crippen LogP contribution in [0.25, 0.3) is 0 Å². The van der Waals surface area contributed by atoms with Crippen LogP contribution in [0, 0.1) is 0 Å². The molecule has 0 bridgehead atoms. The van der Waals surface area contributed by atoms with Crippen LogP contribution in [-0.2, 0) is 13.1 Å². The number of hydrogen-bond donors (Lipinski definition) is 1. The molecule has 0 fully saturated rings. The quantitative estimate of drug-likeness (QED) is 0.805. The third-order valence-electron chi connectivity index (χ3n) is 4.18. The van der Waals surface area contributed by atoms with Gasteiger partial charge < -0.3 is 14.6 Å². The van der Waals surface area contributed by atoms with E-state index in [1.165, 1.54) is 11.1 Å². The van der Waals surface area contributed by atoms with Crippen LogP contribution in [0.5, 0.6) is 11.5 Å². The standard InChI is InChI=1S/C20H25NO3/c1-2-6-18(22)14-21(12-16-7-4-3-5-8-16)13-17-9-10-19-20(11-17)24-15-23-19/h3-5,7-11,18,22H,2,6,12-15H2,1H3. The maximum absolute atomic E-state index is 10.2. The molecular formula is C20H25NO3. The van der Waals surface area contributed by atoms with E-state index < -0.39 is 0 Å². The molecule has 0 saturated carbocycles. The van der Waals surface area contributed by atoms with Crippen LogP contribution < -0.4 is 9.47 Å². The summed E-state index contributed by atoms with van der Waals surface area (Å²) in [7, 11) is 0. The van der Waals surface area contributed by atoms with Gasteiger partial charge in [0.25, 0.3) is 0 Å². The maximum Gasteiger partial charge on any atom is 0.231 e. The zero-order valence-corrected chi connectivity index (χ0v) is 14.1. The van der Waals surface area contributed by atoms with Gasteiger partial charge in [-0.3, -0.25) is 4.90 Å². The first-order chi connectivity index (χ1) is 11.7. The predicted molar refractivity (Wildman–Crippen MR) is 94.0 cm³/mol. The van der Waals surface area contributed by atoms with Gasteiger partial charge in [-0.25, -0.2) is 0 Å². The minimum Gasteiger partial charge on any atom is -0.454 e. The Labute approximate surface area is 143 Å². The van der Waals surface area contributed by atoms with Gasteiger partial charge in [0.1, 0.15) is 0 Å². The molecule has 0 radical (unpaired) electrons. The van der Waals surface area contributed by atoms with Gasteiger partial charge in [-0.05, 0) is 29.7 Å². The lowest BCUT2D eigenvalue weighted by molar-refractivity contribution is 0.0970. The third-order valence-corrected chi connectivity index (χ3v) is 4.18. The molecule has 128 valence electrons. The van der Waals surface area contributed by atoms with Crippen molar-refractivity contribution in [3.63, 3.8) is 0 Å². The topological polar surface area (TPSA) is 41.9 Å². The predicted octanol–water partition coefficient (Wildman–Crippen LogP) is 3.58. The normalized spacial score (nSPS) is 14.1. The Kier molecular flexibility index (Phi) is 5.72. The third kappa shape index (κ3) is 4.49. The first-order valence-electron chi connectivity index (χ1n) is 8.57. The molecule has 1 unspecified atom stereocenters. The number of aliphatic hydroxyl groups is 1. The van der Waals surface area contributed by atoms with E-state index in [1.807, 2.05) is 18.2 Å². The van der Waals surface area contributed by atoms with Gasteiger partial charge in [-0.2, -0.15) is 0 Å². The van der Waals surface area contributed by atoms with E-state index >= 15 is 0 Å². The molecule has 0 amide bonds. The Morgan fingerprint density at radius 1 is 1.00 bits per heavy atom. The molecule has 2 aromatic carbocycles. The second-order valence-corrected chi connectivity index (χ2v) is 6.29. The number of aliphatic hydroxyl groups excluding tert-OH is 1. The Hall–Kier alpha value is -2.04. The molecule has 0 saturated heterocycles. The summed E-state index contributed by atoms with van der Waals surface area (Å²) in [4.78, 5) is 2.28. The van der Waals surface area contributed by atoms with E-state index in [0.717, 1.165) is 37.4 Å². The van der Waals surface area contributed by atoms with Crippen molar-refractivity contribution in [1.82, 2.24) is 4.90 Å². The lowest BCUT2D eigenvalue weighted by Crippen LogP contribution is -2.31. The summed E-state index contributed by atoms with van der Waals surface area (Å²) in [6, 6.07) is 16.4.